The molecule has 2 rings (SSSR count). The maximum atomic E-state index is 13.1. The Kier molecular flexibility index (Phi) is 6.46. The van der Waals surface area contributed by atoms with E-state index in [9.17, 15) is 22.0 Å². The molecule has 134 valence electrons. The number of carbonyl (C=O) groups is 1. The fraction of sp³-hybridized carbons (Fsp3) is 0.188. The summed E-state index contributed by atoms with van der Waals surface area (Å²) in [5.41, 5.74) is 0.736. The number of carbonyl (C=O) groups excluding carboxylic acids is 1. The highest BCUT2D eigenvalue weighted by molar-refractivity contribution is 7.89. The highest BCUT2D eigenvalue weighted by atomic mass is 35.5. The number of sulfonamides is 1. The van der Waals surface area contributed by atoms with Crippen molar-refractivity contribution in [1.82, 2.24) is 4.72 Å². The van der Waals surface area contributed by atoms with Crippen molar-refractivity contribution < 1.29 is 26.7 Å². The van der Waals surface area contributed by atoms with Crippen molar-refractivity contribution in [3.63, 3.8) is 0 Å². The van der Waals surface area contributed by atoms with Gasteiger partial charge in [-0.3, -0.25) is 4.79 Å². The molecule has 0 fully saturated rings. The van der Waals surface area contributed by atoms with Crippen LogP contribution in [-0.2, 0) is 26.2 Å². The normalized spacial score (nSPS) is 11.3. The molecular formula is C16H14ClF2NO4S. The summed E-state index contributed by atoms with van der Waals surface area (Å²) in [5.74, 6) is -3.03. The van der Waals surface area contributed by atoms with Crippen LogP contribution in [0.4, 0.5) is 8.78 Å². The first-order valence-corrected chi connectivity index (χ1v) is 8.99. The van der Waals surface area contributed by atoms with Crippen molar-refractivity contribution in [2.75, 3.05) is 6.54 Å². The molecule has 1 N–H and O–H groups in total. The van der Waals surface area contributed by atoms with E-state index in [2.05, 4.69) is 4.72 Å². The molecule has 0 aliphatic carbocycles. The van der Waals surface area contributed by atoms with Crippen LogP contribution in [-0.4, -0.2) is 20.9 Å². The van der Waals surface area contributed by atoms with Gasteiger partial charge < -0.3 is 4.74 Å². The molecule has 2 aromatic rings. The second kappa shape index (κ2) is 8.37. The van der Waals surface area contributed by atoms with E-state index in [0.29, 0.717) is 17.2 Å². The number of halogens is 3. The van der Waals surface area contributed by atoms with Gasteiger partial charge in [-0.15, -0.1) is 0 Å². The number of benzene rings is 2. The molecule has 5 nitrogen and oxygen atoms in total. The predicted octanol–water partition coefficient (Wildman–Crippen LogP) is 3.03. The van der Waals surface area contributed by atoms with Crippen LogP contribution in [0.1, 0.15) is 12.0 Å². The summed E-state index contributed by atoms with van der Waals surface area (Å²) < 4.78 is 56.9. The first kappa shape index (κ1) is 19.3. The number of rotatable bonds is 7. The lowest BCUT2D eigenvalue weighted by Gasteiger charge is -2.08. The van der Waals surface area contributed by atoms with Crippen LogP contribution in [0.5, 0.6) is 0 Å². The second-order valence-electron chi connectivity index (χ2n) is 5.01. The number of ether oxygens (including phenoxy) is 1. The van der Waals surface area contributed by atoms with Gasteiger partial charge in [0.25, 0.3) is 0 Å². The van der Waals surface area contributed by atoms with E-state index in [4.69, 9.17) is 16.3 Å². The van der Waals surface area contributed by atoms with Crippen LogP contribution in [0.25, 0.3) is 0 Å². The van der Waals surface area contributed by atoms with Crippen LogP contribution >= 0.6 is 11.6 Å². The van der Waals surface area contributed by atoms with Gasteiger partial charge in [0.2, 0.25) is 10.0 Å². The third-order valence-electron chi connectivity index (χ3n) is 3.14. The first-order chi connectivity index (χ1) is 11.8. The Morgan fingerprint density at radius 1 is 1.08 bits per heavy atom. The monoisotopic (exact) mass is 389 g/mol. The SMILES string of the molecule is O=C(CCNS(=O)(=O)c1ccc(F)c(F)c1)OCc1ccc(Cl)cc1. The van der Waals surface area contributed by atoms with E-state index in [0.717, 1.165) is 11.6 Å². The smallest absolute Gasteiger partial charge is 0.307 e. The molecule has 9 heteroatoms. The molecule has 0 aliphatic rings. The molecule has 0 aromatic heterocycles. The van der Waals surface area contributed by atoms with Gasteiger partial charge in [0.1, 0.15) is 6.61 Å². The molecular weight excluding hydrogens is 376 g/mol. The third-order valence-corrected chi connectivity index (χ3v) is 4.85. The Morgan fingerprint density at radius 3 is 2.40 bits per heavy atom. The molecule has 0 radical (unpaired) electrons. The molecule has 25 heavy (non-hydrogen) atoms. The predicted molar refractivity (Wildman–Crippen MR) is 87.4 cm³/mol. The number of hydrogen-bond donors (Lipinski definition) is 1. The molecule has 0 atom stereocenters. The second-order valence-corrected chi connectivity index (χ2v) is 7.21. The van der Waals surface area contributed by atoms with Gasteiger partial charge in [0, 0.05) is 11.6 Å². The van der Waals surface area contributed by atoms with Gasteiger partial charge in [-0.1, -0.05) is 23.7 Å². The van der Waals surface area contributed by atoms with Crippen LogP contribution in [0.3, 0.4) is 0 Å². The highest BCUT2D eigenvalue weighted by Gasteiger charge is 2.16. The lowest BCUT2D eigenvalue weighted by Crippen LogP contribution is -2.27. The van der Waals surface area contributed by atoms with E-state index in [-0.39, 0.29) is 19.6 Å². The van der Waals surface area contributed by atoms with Gasteiger partial charge in [-0.25, -0.2) is 21.9 Å². The topological polar surface area (TPSA) is 72.5 Å². The Labute approximate surface area is 148 Å². The summed E-state index contributed by atoms with van der Waals surface area (Å²) in [6.45, 7) is -0.202. The Morgan fingerprint density at radius 2 is 1.76 bits per heavy atom. The van der Waals surface area contributed by atoms with E-state index in [1.54, 1.807) is 24.3 Å². The maximum absolute atomic E-state index is 13.1. The standard InChI is InChI=1S/C16H14ClF2NO4S/c17-12-3-1-11(2-4-12)10-24-16(21)7-8-20-25(22,23)13-5-6-14(18)15(19)9-13/h1-6,9,20H,7-8,10H2. The average molecular weight is 390 g/mol. The lowest BCUT2D eigenvalue weighted by atomic mass is 10.2. The summed E-state index contributed by atoms with van der Waals surface area (Å²) in [6, 6.07) is 8.91. The van der Waals surface area contributed by atoms with Crippen LogP contribution < -0.4 is 4.72 Å². The molecule has 0 spiro atoms. The van der Waals surface area contributed by atoms with E-state index < -0.39 is 32.5 Å². The fourth-order valence-electron chi connectivity index (χ4n) is 1.83. The third kappa shape index (κ3) is 5.77. The molecule has 0 amide bonds. The number of nitrogens with one attached hydrogen (secondary N) is 1. The van der Waals surface area contributed by atoms with Crippen molar-refractivity contribution in [2.45, 2.75) is 17.9 Å². The van der Waals surface area contributed by atoms with Crippen molar-refractivity contribution in [3.05, 3.63) is 64.7 Å². The molecule has 0 bridgehead atoms. The fourth-order valence-corrected chi connectivity index (χ4v) is 3.00. The summed E-state index contributed by atoms with van der Waals surface area (Å²) in [4.78, 5) is 11.2. The summed E-state index contributed by atoms with van der Waals surface area (Å²) in [7, 11) is -4.05. The first-order valence-electron chi connectivity index (χ1n) is 7.13. The zero-order valence-electron chi connectivity index (χ0n) is 12.8. The highest BCUT2D eigenvalue weighted by Crippen LogP contribution is 2.14. The maximum Gasteiger partial charge on any atom is 0.307 e. The molecule has 0 unspecified atom stereocenters. The van der Waals surface area contributed by atoms with Crippen LogP contribution in [0.2, 0.25) is 5.02 Å². The largest absolute Gasteiger partial charge is 0.461 e. The zero-order valence-corrected chi connectivity index (χ0v) is 14.4. The molecule has 0 saturated heterocycles. The summed E-state index contributed by atoms with van der Waals surface area (Å²) in [6.07, 6.45) is -0.212. The number of esters is 1. The van der Waals surface area contributed by atoms with Gasteiger partial charge in [-0.05, 0) is 35.9 Å². The molecule has 0 saturated carbocycles. The van der Waals surface area contributed by atoms with Crippen molar-refractivity contribution in [3.8, 4) is 0 Å². The minimum absolute atomic E-state index is 0.0337. The van der Waals surface area contributed by atoms with Gasteiger partial charge in [-0.2, -0.15) is 0 Å². The Bertz CT molecular complexity index is 857. The van der Waals surface area contributed by atoms with E-state index in [1.807, 2.05) is 0 Å². The van der Waals surface area contributed by atoms with Gasteiger partial charge in [0.15, 0.2) is 11.6 Å². The summed E-state index contributed by atoms with van der Waals surface area (Å²) >= 11 is 5.74. The van der Waals surface area contributed by atoms with Crippen molar-refractivity contribution in [1.29, 1.82) is 0 Å². The number of hydrogen-bond acceptors (Lipinski definition) is 4. The molecule has 2 aromatic carbocycles. The van der Waals surface area contributed by atoms with Crippen molar-refractivity contribution >= 4 is 27.6 Å². The summed E-state index contributed by atoms with van der Waals surface area (Å²) in [5, 5.41) is 0.557. The van der Waals surface area contributed by atoms with E-state index in [1.165, 1.54) is 0 Å². The Balaban J connectivity index is 1.81. The Hall–Kier alpha value is -2.03. The zero-order chi connectivity index (χ0) is 18.4. The molecule has 0 heterocycles. The quantitative estimate of drug-likeness (QED) is 0.739. The average Bonchev–Trinajstić information content (AvgIpc) is 2.56. The van der Waals surface area contributed by atoms with Crippen LogP contribution in [0.15, 0.2) is 47.4 Å². The lowest BCUT2D eigenvalue weighted by molar-refractivity contribution is -0.144. The van der Waals surface area contributed by atoms with Gasteiger partial charge in [0.05, 0.1) is 11.3 Å². The van der Waals surface area contributed by atoms with Crippen LogP contribution in [0, 0.1) is 11.6 Å². The van der Waals surface area contributed by atoms with E-state index >= 15 is 0 Å². The van der Waals surface area contributed by atoms with Gasteiger partial charge >= 0.3 is 5.97 Å². The minimum atomic E-state index is -4.05. The van der Waals surface area contributed by atoms with Crippen molar-refractivity contribution in [2.24, 2.45) is 0 Å². The molecule has 0 aliphatic heterocycles. The minimum Gasteiger partial charge on any atom is -0.461 e.